The van der Waals surface area contributed by atoms with Gasteiger partial charge < -0.3 is 0 Å². The molecule has 0 N–H and O–H groups in total. The van der Waals surface area contributed by atoms with Gasteiger partial charge in [0.05, 0.1) is 0 Å². The van der Waals surface area contributed by atoms with Crippen molar-refractivity contribution in [1.29, 1.82) is 0 Å². The lowest BCUT2D eigenvalue weighted by atomic mass is 10.0. The summed E-state index contributed by atoms with van der Waals surface area (Å²) >= 11 is 2.02. The van der Waals surface area contributed by atoms with Crippen LogP contribution in [0.1, 0.15) is 57.4 Å². The monoisotopic (exact) mass is 272 g/mol. The molecule has 0 saturated heterocycles. The maximum Gasteiger partial charge on any atom is 0.0256 e. The van der Waals surface area contributed by atoms with E-state index in [0.717, 1.165) is 17.9 Å². The van der Waals surface area contributed by atoms with Crippen LogP contribution in [0.4, 0.5) is 0 Å². The van der Waals surface area contributed by atoms with Gasteiger partial charge in [0.1, 0.15) is 0 Å². The van der Waals surface area contributed by atoms with Crippen molar-refractivity contribution in [1.82, 2.24) is 0 Å². The van der Waals surface area contributed by atoms with Gasteiger partial charge in [0.15, 0.2) is 0 Å². The molecular formula is C18H24S. The second kappa shape index (κ2) is 8.33. The zero-order valence-corrected chi connectivity index (χ0v) is 12.8. The third-order valence-corrected chi connectivity index (χ3v) is 4.93. The average Bonchev–Trinajstić information content (AvgIpc) is 2.72. The summed E-state index contributed by atoms with van der Waals surface area (Å²) in [7, 11) is 0. The topological polar surface area (TPSA) is 0 Å². The van der Waals surface area contributed by atoms with E-state index in [1.54, 1.807) is 0 Å². The molecule has 1 saturated carbocycles. The molecule has 1 heteroatoms. The van der Waals surface area contributed by atoms with Crippen LogP contribution >= 0.6 is 11.8 Å². The maximum atomic E-state index is 3.22. The molecule has 0 bridgehead atoms. The van der Waals surface area contributed by atoms with E-state index in [2.05, 4.69) is 43.0 Å². The van der Waals surface area contributed by atoms with E-state index in [-0.39, 0.29) is 0 Å². The van der Waals surface area contributed by atoms with Crippen LogP contribution in [-0.2, 0) is 0 Å². The molecule has 1 fully saturated rings. The number of rotatable bonds is 3. The highest BCUT2D eigenvalue weighted by Crippen LogP contribution is 2.29. The Hall–Kier alpha value is -0.870. The Kier molecular flexibility index (Phi) is 6.37. The average molecular weight is 272 g/mol. The van der Waals surface area contributed by atoms with Crippen molar-refractivity contribution in [2.24, 2.45) is 5.92 Å². The summed E-state index contributed by atoms with van der Waals surface area (Å²) < 4.78 is 0. The van der Waals surface area contributed by atoms with E-state index >= 15 is 0 Å². The van der Waals surface area contributed by atoms with E-state index in [1.165, 1.54) is 49.2 Å². The zero-order valence-electron chi connectivity index (χ0n) is 12.0. The highest BCUT2D eigenvalue weighted by molar-refractivity contribution is 7.99. The lowest BCUT2D eigenvalue weighted by Crippen LogP contribution is -2.01. The van der Waals surface area contributed by atoms with Crippen molar-refractivity contribution in [3.8, 4) is 11.8 Å². The maximum absolute atomic E-state index is 3.22. The largest absolute Gasteiger partial charge is 0.126 e. The van der Waals surface area contributed by atoms with Crippen LogP contribution in [0.3, 0.4) is 0 Å². The highest BCUT2D eigenvalue weighted by atomic mass is 32.2. The minimum Gasteiger partial charge on any atom is -0.126 e. The first-order valence-corrected chi connectivity index (χ1v) is 8.59. The Balaban J connectivity index is 1.87. The third-order valence-electron chi connectivity index (χ3n) is 3.70. The van der Waals surface area contributed by atoms with Crippen LogP contribution in [0.15, 0.2) is 29.2 Å². The molecule has 0 aliphatic heterocycles. The van der Waals surface area contributed by atoms with Gasteiger partial charge in [-0.1, -0.05) is 50.5 Å². The van der Waals surface area contributed by atoms with E-state index in [9.17, 15) is 0 Å². The SMILES string of the molecule is CCC#Cc1cccc(SCC2CCCCCC2)c1. The summed E-state index contributed by atoms with van der Waals surface area (Å²) in [5.41, 5.74) is 1.16. The van der Waals surface area contributed by atoms with Crippen LogP contribution in [0.2, 0.25) is 0 Å². The number of hydrogen-bond acceptors (Lipinski definition) is 1. The molecule has 0 aromatic heterocycles. The van der Waals surface area contributed by atoms with Gasteiger partial charge in [-0.05, 0) is 37.0 Å². The summed E-state index contributed by atoms with van der Waals surface area (Å²) in [6.45, 7) is 2.09. The minimum absolute atomic E-state index is 0.929. The molecule has 1 aromatic rings. The Morgan fingerprint density at radius 3 is 2.68 bits per heavy atom. The van der Waals surface area contributed by atoms with Crippen LogP contribution in [0.25, 0.3) is 0 Å². The van der Waals surface area contributed by atoms with Crippen molar-refractivity contribution < 1.29 is 0 Å². The molecule has 1 aliphatic rings. The van der Waals surface area contributed by atoms with E-state index < -0.39 is 0 Å². The van der Waals surface area contributed by atoms with Crippen molar-refractivity contribution in [2.75, 3.05) is 5.75 Å². The van der Waals surface area contributed by atoms with Crippen molar-refractivity contribution in [3.05, 3.63) is 29.8 Å². The molecule has 19 heavy (non-hydrogen) atoms. The first-order valence-electron chi connectivity index (χ1n) is 7.60. The lowest BCUT2D eigenvalue weighted by molar-refractivity contribution is 0.513. The fraction of sp³-hybridized carbons (Fsp3) is 0.556. The van der Waals surface area contributed by atoms with E-state index in [0.29, 0.717) is 0 Å². The Labute approximate surface area is 122 Å². The van der Waals surface area contributed by atoms with E-state index in [4.69, 9.17) is 0 Å². The van der Waals surface area contributed by atoms with Gasteiger partial charge in [0, 0.05) is 22.6 Å². The number of hydrogen-bond donors (Lipinski definition) is 0. The molecule has 0 unspecified atom stereocenters. The summed E-state index contributed by atoms with van der Waals surface area (Å²) in [4.78, 5) is 1.38. The summed E-state index contributed by atoms with van der Waals surface area (Å²) in [5, 5.41) is 0. The van der Waals surface area contributed by atoms with Gasteiger partial charge in [-0.15, -0.1) is 11.8 Å². The summed E-state index contributed by atoms with van der Waals surface area (Å²) in [6, 6.07) is 8.70. The molecule has 0 nitrogen and oxygen atoms in total. The van der Waals surface area contributed by atoms with E-state index in [1.807, 2.05) is 11.8 Å². The second-order valence-electron chi connectivity index (χ2n) is 5.35. The van der Waals surface area contributed by atoms with Gasteiger partial charge in [-0.25, -0.2) is 0 Å². The molecule has 2 rings (SSSR count). The summed E-state index contributed by atoms with van der Waals surface area (Å²) in [5.74, 6) is 8.58. The molecule has 0 heterocycles. The van der Waals surface area contributed by atoms with Crippen LogP contribution in [0, 0.1) is 17.8 Å². The number of benzene rings is 1. The van der Waals surface area contributed by atoms with Crippen LogP contribution in [0.5, 0.6) is 0 Å². The van der Waals surface area contributed by atoms with Gasteiger partial charge in [-0.2, -0.15) is 0 Å². The molecule has 0 spiro atoms. The Morgan fingerprint density at radius 1 is 1.16 bits per heavy atom. The fourth-order valence-corrected chi connectivity index (χ4v) is 3.75. The number of thioether (sulfide) groups is 1. The van der Waals surface area contributed by atoms with Crippen LogP contribution < -0.4 is 0 Å². The zero-order chi connectivity index (χ0) is 13.3. The molecule has 0 amide bonds. The minimum atomic E-state index is 0.929. The van der Waals surface area contributed by atoms with Crippen molar-refractivity contribution in [3.63, 3.8) is 0 Å². The molecule has 102 valence electrons. The fourth-order valence-electron chi connectivity index (χ4n) is 2.60. The van der Waals surface area contributed by atoms with Gasteiger partial charge in [-0.3, -0.25) is 0 Å². The molecule has 0 radical (unpaired) electrons. The van der Waals surface area contributed by atoms with Crippen LogP contribution in [-0.4, -0.2) is 5.75 Å². The Morgan fingerprint density at radius 2 is 1.95 bits per heavy atom. The van der Waals surface area contributed by atoms with Gasteiger partial charge in [0.2, 0.25) is 0 Å². The third kappa shape index (κ3) is 5.33. The molecule has 1 aromatic carbocycles. The first kappa shape index (κ1) is 14.5. The second-order valence-corrected chi connectivity index (χ2v) is 6.45. The molecular weight excluding hydrogens is 248 g/mol. The summed E-state index contributed by atoms with van der Waals surface area (Å²) in [6.07, 6.45) is 9.57. The normalized spacial score (nSPS) is 16.5. The van der Waals surface area contributed by atoms with Gasteiger partial charge in [0.25, 0.3) is 0 Å². The predicted octanol–water partition coefficient (Wildman–Crippen LogP) is 5.51. The van der Waals surface area contributed by atoms with Crippen molar-refractivity contribution >= 4 is 11.8 Å². The Bertz CT molecular complexity index is 430. The smallest absolute Gasteiger partial charge is 0.0256 e. The quantitative estimate of drug-likeness (QED) is 0.397. The predicted molar refractivity (Wildman–Crippen MR) is 85.5 cm³/mol. The highest BCUT2D eigenvalue weighted by Gasteiger charge is 2.12. The van der Waals surface area contributed by atoms with Crippen molar-refractivity contribution in [2.45, 2.75) is 56.8 Å². The molecule has 1 aliphatic carbocycles. The standard InChI is InChI=1S/C18H24S/c1-2-3-9-16-12-8-13-18(14-16)19-15-17-10-6-4-5-7-11-17/h8,12-14,17H,2,4-7,10-11,15H2,1H3. The lowest BCUT2D eigenvalue weighted by Gasteiger charge is -2.13. The van der Waals surface area contributed by atoms with Gasteiger partial charge >= 0.3 is 0 Å². The first-order chi connectivity index (χ1) is 9.38. The molecule has 0 atom stereocenters.